The molecule has 0 radical (unpaired) electrons. The first-order valence-electron chi connectivity index (χ1n) is 37.3. The molecule has 578 valence electrons. The van der Waals surface area contributed by atoms with Gasteiger partial charge in [0.05, 0.1) is 26.7 Å². The molecule has 0 unspecified atom stereocenters. The average Bonchev–Trinajstić information content (AvgIpc) is 3.71. The molecule has 0 spiro atoms. The summed E-state index contributed by atoms with van der Waals surface area (Å²) in [6, 6.07) is 0. The van der Waals surface area contributed by atoms with E-state index in [0.29, 0.717) is 0 Å². The molecule has 0 aromatic rings. The molecule has 0 aromatic carbocycles. The van der Waals surface area contributed by atoms with Crippen LogP contribution >= 0.6 is 0 Å². The van der Waals surface area contributed by atoms with Crippen LogP contribution in [0.4, 0.5) is 0 Å². The van der Waals surface area contributed by atoms with Crippen LogP contribution in [0.3, 0.4) is 0 Å². The molecule has 3 rings (SSSR count). The van der Waals surface area contributed by atoms with Gasteiger partial charge in [0.15, 0.2) is 0 Å². The lowest BCUT2D eigenvalue weighted by Gasteiger charge is -2.35. The first kappa shape index (κ1) is 141. The van der Waals surface area contributed by atoms with Crippen LogP contribution in [0.25, 0.3) is 0 Å². The number of hydrogen-bond acceptors (Lipinski definition) is 8. The number of nitrogens with zero attached hydrogens (tertiary/aromatic N) is 8. The Morgan fingerprint density at radius 1 is 0.222 bits per heavy atom. The van der Waals surface area contributed by atoms with Crippen molar-refractivity contribution >= 4 is 0 Å². The minimum Gasteiger partial charge on any atom is -0.294 e. The van der Waals surface area contributed by atoms with Gasteiger partial charge in [-0.15, -0.1) is 0 Å². The number of unbranched alkanes of at least 4 members (excludes halogenated alkanes) is 3. The smallest absolute Gasteiger partial charge is 0.0506 e. The Hall–Kier alpha value is -0.320. The molecular weight excluding hydrogens is 1100 g/mol. The van der Waals surface area contributed by atoms with Gasteiger partial charge in [-0.2, -0.15) is 0 Å². The standard InChI is InChI=1S/C19H38N2.C13H28N2.C13H30N2.C10H24N2.9C2H6.9CH4/c1-3-20(15-18-11-7-5-8-12-18)17-21(4-2)16-19-13-9-6-10-14-19;1-4-14(3)12-15(5-2)11-13-9-7-6-8-10-13;1-5-9-11-14(7-3)13-15(8-4)12-10-6-2;1-5-8-9-12(7-3)10-11(4)6-2;9*1-2;;;;;;;;;/h18-19H,3-17H2,1-2H3;13H,4-12H2,1-3H3;5-13H2,1-4H3;5-10H2,1-4H3;9*1-2H3;9*1H4. The molecule has 3 saturated carbocycles. The maximum absolute atomic E-state index is 2.71. The molecule has 8 heteroatoms. The summed E-state index contributed by atoms with van der Waals surface area (Å²) in [5.41, 5.74) is 0. The largest absolute Gasteiger partial charge is 0.294 e. The van der Waals surface area contributed by atoms with Gasteiger partial charge in [0.25, 0.3) is 0 Å². The third kappa shape index (κ3) is 104. The molecule has 0 amide bonds. The van der Waals surface area contributed by atoms with Gasteiger partial charge in [-0.3, -0.25) is 39.2 Å². The minimum atomic E-state index is 0. The molecular formula is C82H210N8. The normalized spacial score (nSPS) is 12.4. The zero-order valence-corrected chi connectivity index (χ0v) is 63.9. The van der Waals surface area contributed by atoms with E-state index in [2.05, 4.69) is 129 Å². The Labute approximate surface area is 588 Å². The van der Waals surface area contributed by atoms with Crippen LogP contribution in [-0.2, 0) is 0 Å². The van der Waals surface area contributed by atoms with Gasteiger partial charge in [-0.25, -0.2) is 0 Å². The maximum atomic E-state index is 2.71. The van der Waals surface area contributed by atoms with Crippen molar-refractivity contribution in [2.45, 2.75) is 402 Å². The van der Waals surface area contributed by atoms with Crippen molar-refractivity contribution in [1.82, 2.24) is 39.2 Å². The fourth-order valence-corrected chi connectivity index (χ4v) is 9.65. The van der Waals surface area contributed by atoms with E-state index in [9.17, 15) is 0 Å². The van der Waals surface area contributed by atoms with Crippen molar-refractivity contribution in [1.29, 1.82) is 0 Å². The average molecular weight is 1310 g/mol. The van der Waals surface area contributed by atoms with E-state index >= 15 is 0 Å². The van der Waals surface area contributed by atoms with Crippen LogP contribution < -0.4 is 0 Å². The van der Waals surface area contributed by atoms with Crippen LogP contribution in [0, 0.1) is 17.8 Å². The highest BCUT2D eigenvalue weighted by Crippen LogP contribution is 2.27. The molecule has 0 atom stereocenters. The van der Waals surface area contributed by atoms with Gasteiger partial charge in [0.2, 0.25) is 0 Å². The fourth-order valence-electron chi connectivity index (χ4n) is 9.65. The zero-order valence-electron chi connectivity index (χ0n) is 63.9. The Morgan fingerprint density at radius 3 is 0.567 bits per heavy atom. The third-order valence-electron chi connectivity index (χ3n) is 14.7. The monoisotopic (exact) mass is 1310 g/mol. The van der Waals surface area contributed by atoms with Crippen LogP contribution in [0.15, 0.2) is 0 Å². The molecule has 0 bridgehead atoms. The molecule has 90 heavy (non-hydrogen) atoms. The van der Waals surface area contributed by atoms with Crippen LogP contribution in [-0.4, -0.2) is 172 Å². The third-order valence-corrected chi connectivity index (χ3v) is 14.7. The molecule has 8 nitrogen and oxygen atoms in total. The summed E-state index contributed by atoms with van der Waals surface area (Å²) in [5, 5.41) is 0. The van der Waals surface area contributed by atoms with Crippen molar-refractivity contribution in [3.63, 3.8) is 0 Å². The quantitative estimate of drug-likeness (QED) is 0.0634. The van der Waals surface area contributed by atoms with Gasteiger partial charge < -0.3 is 0 Å². The molecule has 0 aliphatic heterocycles. The van der Waals surface area contributed by atoms with Gasteiger partial charge in [-0.1, -0.05) is 345 Å². The predicted octanol–water partition coefficient (Wildman–Crippen LogP) is 27.7. The van der Waals surface area contributed by atoms with Crippen molar-refractivity contribution in [3.8, 4) is 0 Å². The second-order valence-electron chi connectivity index (χ2n) is 20.1. The molecule has 3 fully saturated rings. The summed E-state index contributed by atoms with van der Waals surface area (Å²) in [6.07, 6.45) is 30.0. The Bertz CT molecular complexity index is 869. The molecule has 0 saturated heterocycles. The Morgan fingerprint density at radius 2 is 0.389 bits per heavy atom. The fraction of sp³-hybridized carbons (Fsp3) is 1.00. The van der Waals surface area contributed by atoms with E-state index in [0.717, 1.165) is 50.8 Å². The number of rotatable bonds is 31. The van der Waals surface area contributed by atoms with Gasteiger partial charge in [0.1, 0.15) is 0 Å². The summed E-state index contributed by atoms with van der Waals surface area (Å²) < 4.78 is 0. The molecule has 3 aliphatic carbocycles. The molecule has 0 aromatic heterocycles. The number of hydrogen-bond donors (Lipinski definition) is 0. The first-order valence-corrected chi connectivity index (χ1v) is 37.3. The highest BCUT2D eigenvalue weighted by atomic mass is 15.3. The van der Waals surface area contributed by atoms with E-state index in [1.807, 2.05) is 125 Å². The van der Waals surface area contributed by atoms with Crippen molar-refractivity contribution < 1.29 is 0 Å². The Kier molecular flexibility index (Phi) is 208. The lowest BCUT2D eigenvalue weighted by molar-refractivity contribution is 0.0961. The summed E-state index contributed by atoms with van der Waals surface area (Å²) >= 11 is 0. The summed E-state index contributed by atoms with van der Waals surface area (Å²) in [5.74, 6) is 2.93. The van der Waals surface area contributed by atoms with Gasteiger partial charge >= 0.3 is 0 Å². The van der Waals surface area contributed by atoms with Crippen LogP contribution in [0.5, 0.6) is 0 Å². The summed E-state index contributed by atoms with van der Waals surface area (Å²) in [7, 11) is 4.39. The van der Waals surface area contributed by atoms with Crippen LogP contribution in [0.1, 0.15) is 402 Å². The molecule has 0 N–H and O–H groups in total. The van der Waals surface area contributed by atoms with Crippen molar-refractivity contribution in [3.05, 3.63) is 0 Å². The van der Waals surface area contributed by atoms with E-state index in [1.165, 1.54) is 220 Å². The van der Waals surface area contributed by atoms with Gasteiger partial charge in [-0.05, 0) is 162 Å². The van der Waals surface area contributed by atoms with Crippen LogP contribution in [0.2, 0.25) is 0 Å². The van der Waals surface area contributed by atoms with Crippen molar-refractivity contribution in [2.75, 3.05) is 132 Å². The van der Waals surface area contributed by atoms with E-state index in [4.69, 9.17) is 0 Å². The second kappa shape index (κ2) is 133. The highest BCUT2D eigenvalue weighted by Gasteiger charge is 2.21. The lowest BCUT2D eigenvalue weighted by Crippen LogP contribution is -2.42. The minimum absolute atomic E-state index is 0. The van der Waals surface area contributed by atoms with E-state index in [-0.39, 0.29) is 66.8 Å². The topological polar surface area (TPSA) is 25.9 Å². The zero-order chi connectivity index (χ0) is 64.9. The Balaban J connectivity index is -0.0000000396. The summed E-state index contributed by atoms with van der Waals surface area (Å²) in [4.78, 5) is 20.4. The molecule has 3 aliphatic rings. The first-order chi connectivity index (χ1) is 39.6. The predicted molar refractivity (Wildman–Crippen MR) is 447 cm³/mol. The SMILES string of the molecule is C.C.C.C.C.C.C.C.C.CC.CC.CC.CC.CC.CC.CC.CC.CC.CCCCN(CC)CN(C)CC.CCCCN(CC)CN(CC)CCCC.CCN(C)CN(CC)CC1CCCCC1.CCN(CC1CCCCC1)CN(CC)CC1CCCCC1. The van der Waals surface area contributed by atoms with E-state index in [1.54, 1.807) is 0 Å². The van der Waals surface area contributed by atoms with Gasteiger partial charge in [0, 0.05) is 19.6 Å². The van der Waals surface area contributed by atoms with E-state index < -0.39 is 0 Å². The highest BCUT2D eigenvalue weighted by molar-refractivity contribution is 4.74. The second-order valence-corrected chi connectivity index (χ2v) is 20.1. The molecule has 0 heterocycles. The lowest BCUT2D eigenvalue weighted by atomic mass is 9.88. The maximum Gasteiger partial charge on any atom is 0.0506 e. The summed E-state index contributed by atoms with van der Waals surface area (Å²) in [6.45, 7) is 82.8. The van der Waals surface area contributed by atoms with Crippen molar-refractivity contribution in [2.24, 2.45) is 17.8 Å².